The monoisotopic (exact) mass is 756 g/mol. The Hall–Kier alpha value is -6.97. The van der Waals surface area contributed by atoms with Crippen LogP contribution >= 0.6 is 11.3 Å². The molecule has 3 nitrogen and oxygen atoms in total. The van der Waals surface area contributed by atoms with E-state index in [4.69, 9.17) is 4.67 Å². The lowest BCUT2D eigenvalue weighted by Crippen LogP contribution is -2.41. The van der Waals surface area contributed by atoms with Gasteiger partial charge in [-0.05, 0) is 110 Å². The summed E-state index contributed by atoms with van der Waals surface area (Å²) in [5.74, 6) is 1.03. The molecule has 3 heterocycles. The molecule has 0 amide bonds. The van der Waals surface area contributed by atoms with Crippen molar-refractivity contribution in [1.29, 1.82) is 0 Å². The van der Waals surface area contributed by atoms with E-state index in [9.17, 15) is 0 Å². The van der Waals surface area contributed by atoms with Gasteiger partial charge in [0, 0.05) is 31.7 Å². The number of anilines is 1. The maximum absolute atomic E-state index is 5.90. The minimum Gasteiger partial charge on any atom is -0.237 e. The molecular weight excluding hydrogens is 723 g/mol. The number of para-hydroxylation sites is 1. The Balaban J connectivity index is 1.18. The van der Waals surface area contributed by atoms with Crippen molar-refractivity contribution in [2.45, 2.75) is 24.7 Å². The molecule has 0 saturated carbocycles. The molecule has 8 aromatic carbocycles. The van der Waals surface area contributed by atoms with Gasteiger partial charge in [0.1, 0.15) is 16.7 Å². The van der Waals surface area contributed by atoms with Crippen molar-refractivity contribution in [1.82, 2.24) is 9.24 Å². The smallest absolute Gasteiger partial charge is 0.237 e. The van der Waals surface area contributed by atoms with Crippen molar-refractivity contribution in [3.63, 3.8) is 0 Å². The number of benzene rings is 8. The van der Waals surface area contributed by atoms with Crippen LogP contribution in [0.15, 0.2) is 158 Å². The Morgan fingerprint density at radius 2 is 1.36 bits per heavy atom. The summed E-state index contributed by atoms with van der Waals surface area (Å²) >= 11 is 1.89. The fourth-order valence-electron chi connectivity index (χ4n) is 11.4. The van der Waals surface area contributed by atoms with E-state index >= 15 is 0 Å². The van der Waals surface area contributed by atoms with Gasteiger partial charge in [-0.1, -0.05) is 133 Å². The zero-order valence-corrected chi connectivity index (χ0v) is 32.5. The Morgan fingerprint density at radius 1 is 0.638 bits per heavy atom. The molecule has 2 aromatic heterocycles. The normalized spacial score (nSPS) is 18.3. The van der Waals surface area contributed by atoms with Crippen molar-refractivity contribution in [3.8, 4) is 22.3 Å². The van der Waals surface area contributed by atoms with Crippen molar-refractivity contribution >= 4 is 88.2 Å². The number of thiophene rings is 1. The van der Waals surface area contributed by atoms with Crippen LogP contribution in [-0.4, -0.2) is 16.2 Å². The predicted octanol–water partition coefficient (Wildman–Crippen LogP) is 13.0. The molecule has 0 bridgehead atoms. The molecule has 14 rings (SSSR count). The molecule has 0 saturated heterocycles. The highest BCUT2D eigenvalue weighted by atomic mass is 32.1. The third-order valence-electron chi connectivity index (χ3n) is 13.7. The van der Waals surface area contributed by atoms with Crippen LogP contribution in [0.4, 0.5) is 5.69 Å². The average molecular weight is 757 g/mol. The summed E-state index contributed by atoms with van der Waals surface area (Å²) < 4.78 is 9.69. The summed E-state index contributed by atoms with van der Waals surface area (Å²) in [6.45, 7) is 2.42. The van der Waals surface area contributed by atoms with Crippen LogP contribution in [0, 0.1) is 0 Å². The van der Waals surface area contributed by atoms with E-state index in [1.54, 1.807) is 0 Å². The highest BCUT2D eigenvalue weighted by molar-refractivity contribution is 7.20. The summed E-state index contributed by atoms with van der Waals surface area (Å²) in [6.07, 6.45) is 5.56. The maximum Gasteiger partial charge on any atom is 0.456 e. The first kappa shape index (κ1) is 31.2. The summed E-state index contributed by atoms with van der Waals surface area (Å²) in [4.78, 5) is 1.33. The molecule has 4 heteroatoms. The van der Waals surface area contributed by atoms with Gasteiger partial charge in [-0.25, -0.2) is 9.98 Å². The first-order valence-corrected chi connectivity index (χ1v) is 21.1. The second-order valence-corrected chi connectivity index (χ2v) is 17.7. The molecule has 3 aliphatic carbocycles. The van der Waals surface area contributed by atoms with Crippen molar-refractivity contribution in [2.24, 2.45) is 0 Å². The first-order chi connectivity index (χ1) is 28.7. The van der Waals surface area contributed by atoms with Crippen LogP contribution in [0.1, 0.15) is 52.0 Å². The maximum atomic E-state index is 5.90. The van der Waals surface area contributed by atoms with Gasteiger partial charge in [0.2, 0.25) is 0 Å². The first-order valence-electron chi connectivity index (χ1n) is 20.3. The lowest BCUT2D eigenvalue weighted by atomic mass is 9.69. The SMILES string of the molecule is CC1(C2=[N+]=C(n3c4ccc5ccccc5c4c4c5c(c6ccccc6c43)C3c4ccccc4-c4cccc-5c43)Nc3ccccc32)CC=Cc2sc3ccccc3c21. The molecule has 2 unspecified atom stereocenters. The molecule has 4 aliphatic rings. The van der Waals surface area contributed by atoms with Gasteiger partial charge >= 0.3 is 5.96 Å². The number of hydrogen-bond acceptors (Lipinski definition) is 2. The van der Waals surface area contributed by atoms with E-state index in [0.717, 1.165) is 34.9 Å². The quantitative estimate of drug-likeness (QED) is 0.166. The Kier molecular flexibility index (Phi) is 5.86. The molecule has 0 fully saturated rings. The predicted molar refractivity (Wildman–Crippen MR) is 246 cm³/mol. The third kappa shape index (κ3) is 3.73. The lowest BCUT2D eigenvalue weighted by molar-refractivity contribution is 0.650. The minimum atomic E-state index is -0.352. The van der Waals surface area contributed by atoms with Gasteiger partial charge in [-0.2, -0.15) is 4.57 Å². The topological polar surface area (TPSA) is 31.1 Å². The highest BCUT2D eigenvalue weighted by Crippen LogP contribution is 2.62. The third-order valence-corrected chi connectivity index (χ3v) is 14.9. The number of aromatic nitrogens is 1. The highest BCUT2D eigenvalue weighted by Gasteiger charge is 2.46. The minimum absolute atomic E-state index is 0.186. The number of fused-ring (bicyclic) bond motifs is 19. The van der Waals surface area contributed by atoms with Crippen LogP contribution in [0.2, 0.25) is 0 Å². The summed E-state index contributed by atoms with van der Waals surface area (Å²) in [5, 5.41) is 12.9. The molecule has 0 radical (unpaired) electrons. The van der Waals surface area contributed by atoms with Crippen LogP contribution in [0.3, 0.4) is 0 Å². The Morgan fingerprint density at radius 3 is 2.28 bits per heavy atom. The van der Waals surface area contributed by atoms with Crippen molar-refractivity contribution in [3.05, 3.63) is 190 Å². The molecule has 270 valence electrons. The lowest BCUT2D eigenvalue weighted by Gasteiger charge is -2.32. The Bertz CT molecular complexity index is 3640. The van der Waals surface area contributed by atoms with E-state index in [1.807, 2.05) is 11.3 Å². The zero-order chi connectivity index (χ0) is 37.9. The summed E-state index contributed by atoms with van der Waals surface area (Å²) in [6, 6.07) is 56.4. The largest absolute Gasteiger partial charge is 0.456 e. The van der Waals surface area contributed by atoms with Gasteiger partial charge in [0.15, 0.2) is 5.71 Å². The van der Waals surface area contributed by atoms with Crippen LogP contribution in [0.25, 0.3) is 81.8 Å². The van der Waals surface area contributed by atoms with Crippen LogP contribution in [0.5, 0.6) is 0 Å². The number of rotatable bonds is 1. The Labute approximate surface area is 338 Å². The number of nitrogens with zero attached hydrogens (tertiary/aromatic N) is 2. The van der Waals surface area contributed by atoms with E-state index in [1.165, 1.54) is 97.3 Å². The van der Waals surface area contributed by atoms with Gasteiger partial charge in [0.25, 0.3) is 0 Å². The van der Waals surface area contributed by atoms with E-state index in [0.29, 0.717) is 0 Å². The summed E-state index contributed by atoms with van der Waals surface area (Å²) in [7, 11) is 0. The second-order valence-electron chi connectivity index (χ2n) is 16.6. The standard InChI is InChI=1S/C54H33N3S/c1-54(29-13-26-43-50(54)38-21-9-11-25-42(38)58-43)52-37-20-8-10-24-40(37)55-53(56-52)57-41-28-27-30-14-2-3-15-31(30)45(41)49-48-39-23-12-22-33-32-16-4-5-17-34(32)46(44(33)39)47(48)35-18-6-7-19-36(35)51(49)57/h2-28,46H,29H2,1H3/p+1. The molecule has 0 spiro atoms. The second kappa shape index (κ2) is 10.9. The molecule has 10 aromatic rings. The van der Waals surface area contributed by atoms with Crippen molar-refractivity contribution in [2.75, 3.05) is 5.32 Å². The van der Waals surface area contributed by atoms with E-state index in [-0.39, 0.29) is 11.3 Å². The van der Waals surface area contributed by atoms with E-state index < -0.39 is 0 Å². The molecule has 1 aliphatic heterocycles. The molecular formula is C54H34N3S+. The van der Waals surface area contributed by atoms with Crippen LogP contribution in [-0.2, 0) is 5.41 Å². The zero-order valence-electron chi connectivity index (χ0n) is 31.7. The fraction of sp³-hybridized carbons (Fsp3) is 0.0741. The van der Waals surface area contributed by atoms with Gasteiger partial charge in [0.05, 0.1) is 11.0 Å². The van der Waals surface area contributed by atoms with Gasteiger partial charge < -0.3 is 0 Å². The number of nitrogens with one attached hydrogen (secondary N) is 1. The molecule has 2 atom stereocenters. The molecule has 58 heavy (non-hydrogen) atoms. The van der Waals surface area contributed by atoms with Crippen LogP contribution < -0.4 is 9.98 Å². The molecule has 1 N–H and O–H groups in total. The summed E-state index contributed by atoms with van der Waals surface area (Å²) in [5.41, 5.74) is 16.5. The van der Waals surface area contributed by atoms with E-state index in [2.05, 4.69) is 181 Å². The fourth-order valence-corrected chi connectivity index (χ4v) is 12.7. The van der Waals surface area contributed by atoms with Gasteiger partial charge in [-0.15, -0.1) is 11.3 Å². The number of hydrogen-bond donors (Lipinski definition) is 1. The number of allylic oxidation sites excluding steroid dienone is 1. The van der Waals surface area contributed by atoms with Gasteiger partial charge in [-0.3, -0.25) is 0 Å². The average Bonchev–Trinajstić information content (AvgIpc) is 4.02. The van der Waals surface area contributed by atoms with Crippen molar-refractivity contribution < 1.29 is 0 Å².